The number of nitrogens with two attached hydrogens (primary N) is 1. The van der Waals surface area contributed by atoms with Crippen LogP contribution in [0.1, 0.15) is 5.56 Å². The highest BCUT2D eigenvalue weighted by Gasteiger charge is 2.16. The first-order chi connectivity index (χ1) is 7.52. The van der Waals surface area contributed by atoms with E-state index in [1.54, 1.807) is 0 Å². The zero-order chi connectivity index (χ0) is 11.9. The van der Waals surface area contributed by atoms with E-state index in [0.29, 0.717) is 5.56 Å². The lowest BCUT2D eigenvalue weighted by atomic mass is 10.2. The highest BCUT2D eigenvalue weighted by molar-refractivity contribution is 7.71. The molecule has 0 saturated heterocycles. The number of anilines is 1. The van der Waals surface area contributed by atoms with Gasteiger partial charge in [-0.3, -0.25) is 0 Å². The zero-order valence-electron chi connectivity index (χ0n) is 8.29. The van der Waals surface area contributed by atoms with Gasteiger partial charge in [-0.2, -0.15) is 0 Å². The molecular weight excluding hydrogens is 234 g/mol. The van der Waals surface area contributed by atoms with Crippen molar-refractivity contribution >= 4 is 18.2 Å². The van der Waals surface area contributed by atoms with Crippen LogP contribution in [0.2, 0.25) is 0 Å². The van der Waals surface area contributed by atoms with E-state index in [-0.39, 0.29) is 16.4 Å². The number of aromatic nitrogens is 3. The van der Waals surface area contributed by atoms with E-state index in [1.165, 1.54) is 13.0 Å². The first-order valence-corrected chi connectivity index (χ1v) is 4.81. The maximum absolute atomic E-state index is 13.8. The molecule has 0 aliphatic heterocycles. The van der Waals surface area contributed by atoms with E-state index < -0.39 is 11.6 Å². The van der Waals surface area contributed by atoms with Gasteiger partial charge in [0.05, 0.1) is 0 Å². The van der Waals surface area contributed by atoms with E-state index in [4.69, 9.17) is 18.0 Å². The predicted molar refractivity (Wildman–Crippen MR) is 57.8 cm³/mol. The summed E-state index contributed by atoms with van der Waals surface area (Å²) in [5.74, 6) is -1.54. The van der Waals surface area contributed by atoms with Crippen LogP contribution < -0.4 is 5.73 Å². The predicted octanol–water partition coefficient (Wildman–Crippen LogP) is 2.10. The van der Waals surface area contributed by atoms with Gasteiger partial charge in [0.1, 0.15) is 11.5 Å². The molecular formula is C9H8F2N4S. The molecule has 2 aromatic rings. The van der Waals surface area contributed by atoms with E-state index in [0.717, 1.165) is 10.6 Å². The average molecular weight is 242 g/mol. The molecule has 1 aromatic carbocycles. The summed E-state index contributed by atoms with van der Waals surface area (Å²) in [4.78, 5) is 0. The van der Waals surface area contributed by atoms with Crippen LogP contribution in [0.3, 0.4) is 0 Å². The molecule has 0 aliphatic rings. The molecule has 0 amide bonds. The van der Waals surface area contributed by atoms with Gasteiger partial charge in [0.2, 0.25) is 10.7 Å². The summed E-state index contributed by atoms with van der Waals surface area (Å²) in [6.45, 7) is 1.53. The minimum absolute atomic E-state index is 0.0425. The fraction of sp³-hybridized carbons (Fsp3) is 0.111. The fourth-order valence-corrected chi connectivity index (χ4v) is 1.60. The van der Waals surface area contributed by atoms with Gasteiger partial charge in [-0.15, -0.1) is 5.10 Å². The van der Waals surface area contributed by atoms with Gasteiger partial charge in [0.25, 0.3) is 0 Å². The summed E-state index contributed by atoms with van der Waals surface area (Å²) in [5, 5.41) is 5.96. The first kappa shape index (κ1) is 10.7. The van der Waals surface area contributed by atoms with Gasteiger partial charge in [-0.05, 0) is 30.8 Å². The molecule has 1 heterocycles. The molecule has 0 aliphatic carbocycles. The smallest absolute Gasteiger partial charge is 0.225 e. The molecule has 7 heteroatoms. The SMILES string of the molecule is Cc1ccc(F)c(-n2c(N)n[nH]c2=S)c1F. The second kappa shape index (κ2) is 3.67. The minimum Gasteiger partial charge on any atom is -0.368 e. The Bertz CT molecular complexity index is 602. The van der Waals surface area contributed by atoms with Crippen LogP contribution in [-0.2, 0) is 0 Å². The topological polar surface area (TPSA) is 59.6 Å². The van der Waals surface area contributed by atoms with Crippen molar-refractivity contribution in [3.63, 3.8) is 0 Å². The molecule has 4 nitrogen and oxygen atoms in total. The van der Waals surface area contributed by atoms with E-state index in [9.17, 15) is 8.78 Å². The third-order valence-electron chi connectivity index (χ3n) is 2.18. The largest absolute Gasteiger partial charge is 0.368 e. The number of nitrogens with one attached hydrogen (secondary N) is 1. The van der Waals surface area contributed by atoms with Crippen molar-refractivity contribution < 1.29 is 8.78 Å². The Balaban J connectivity index is 2.84. The van der Waals surface area contributed by atoms with Crippen LogP contribution in [0.25, 0.3) is 5.69 Å². The van der Waals surface area contributed by atoms with Crippen LogP contribution in [0, 0.1) is 23.3 Å². The van der Waals surface area contributed by atoms with Crippen LogP contribution in [0.15, 0.2) is 12.1 Å². The summed E-state index contributed by atoms with van der Waals surface area (Å²) in [7, 11) is 0. The summed E-state index contributed by atoms with van der Waals surface area (Å²) in [6, 6.07) is 2.50. The molecule has 16 heavy (non-hydrogen) atoms. The zero-order valence-corrected chi connectivity index (χ0v) is 9.11. The Kier molecular flexibility index (Phi) is 2.47. The van der Waals surface area contributed by atoms with Gasteiger partial charge < -0.3 is 5.73 Å². The number of nitrogens with zero attached hydrogens (tertiary/aromatic N) is 2. The number of H-pyrrole nitrogens is 1. The van der Waals surface area contributed by atoms with Crippen LogP contribution in [-0.4, -0.2) is 14.8 Å². The summed E-state index contributed by atoms with van der Waals surface area (Å²) < 4.78 is 28.4. The Morgan fingerprint density at radius 2 is 2.12 bits per heavy atom. The van der Waals surface area contributed by atoms with Crippen LogP contribution in [0.5, 0.6) is 0 Å². The quantitative estimate of drug-likeness (QED) is 0.753. The van der Waals surface area contributed by atoms with Crippen molar-refractivity contribution in [1.29, 1.82) is 0 Å². The standard InChI is InChI=1S/C9H8F2N4S/c1-4-2-3-5(10)7(6(4)11)15-8(12)13-14-9(15)16/h2-3H,1H3,(H2,12,13)(H,14,16). The first-order valence-electron chi connectivity index (χ1n) is 4.40. The number of hydrogen-bond acceptors (Lipinski definition) is 3. The molecule has 0 bridgehead atoms. The van der Waals surface area contributed by atoms with Crippen molar-refractivity contribution in [2.75, 3.05) is 5.73 Å². The Morgan fingerprint density at radius 1 is 1.44 bits per heavy atom. The summed E-state index contributed by atoms with van der Waals surface area (Å²) in [6.07, 6.45) is 0. The monoisotopic (exact) mass is 242 g/mol. The number of benzene rings is 1. The maximum atomic E-state index is 13.8. The Labute approximate surface area is 94.7 Å². The van der Waals surface area contributed by atoms with Crippen LogP contribution in [0.4, 0.5) is 14.7 Å². The Hall–Kier alpha value is -1.76. The molecule has 0 atom stereocenters. The molecule has 3 N–H and O–H groups in total. The lowest BCUT2D eigenvalue weighted by Gasteiger charge is -2.08. The van der Waals surface area contributed by atoms with E-state index >= 15 is 0 Å². The minimum atomic E-state index is -0.743. The number of hydrogen-bond donors (Lipinski definition) is 2. The molecule has 0 saturated carbocycles. The number of nitrogen functional groups attached to an aromatic ring is 1. The number of aryl methyl sites for hydroxylation is 1. The fourth-order valence-electron chi connectivity index (χ4n) is 1.37. The van der Waals surface area contributed by atoms with Gasteiger partial charge >= 0.3 is 0 Å². The van der Waals surface area contributed by atoms with Crippen LogP contribution >= 0.6 is 12.2 Å². The number of halogens is 2. The highest BCUT2D eigenvalue weighted by atomic mass is 32.1. The highest BCUT2D eigenvalue weighted by Crippen LogP contribution is 2.22. The van der Waals surface area contributed by atoms with Crippen molar-refractivity contribution in [1.82, 2.24) is 14.8 Å². The lowest BCUT2D eigenvalue weighted by Crippen LogP contribution is -2.07. The second-order valence-electron chi connectivity index (χ2n) is 3.25. The van der Waals surface area contributed by atoms with Gasteiger partial charge in [-0.1, -0.05) is 6.07 Å². The number of aromatic amines is 1. The third-order valence-corrected chi connectivity index (χ3v) is 2.46. The van der Waals surface area contributed by atoms with Crippen molar-refractivity contribution in [3.05, 3.63) is 34.1 Å². The molecule has 1 aromatic heterocycles. The molecule has 0 unspecified atom stereocenters. The molecule has 0 spiro atoms. The van der Waals surface area contributed by atoms with Gasteiger partial charge in [0.15, 0.2) is 5.82 Å². The second-order valence-corrected chi connectivity index (χ2v) is 3.64. The van der Waals surface area contributed by atoms with Gasteiger partial charge in [0, 0.05) is 0 Å². The molecule has 84 valence electrons. The molecule has 0 fully saturated rings. The van der Waals surface area contributed by atoms with Crippen molar-refractivity contribution in [2.24, 2.45) is 0 Å². The van der Waals surface area contributed by atoms with Gasteiger partial charge in [-0.25, -0.2) is 18.4 Å². The average Bonchev–Trinajstić information content (AvgIpc) is 2.56. The summed E-state index contributed by atoms with van der Waals surface area (Å²) >= 11 is 4.85. The normalized spacial score (nSPS) is 10.7. The molecule has 2 rings (SSSR count). The van der Waals surface area contributed by atoms with E-state index in [2.05, 4.69) is 10.2 Å². The third kappa shape index (κ3) is 1.49. The summed E-state index contributed by atoms with van der Waals surface area (Å²) in [5.41, 5.74) is 5.48. The maximum Gasteiger partial charge on any atom is 0.225 e. The van der Waals surface area contributed by atoms with Crippen molar-refractivity contribution in [2.45, 2.75) is 6.92 Å². The van der Waals surface area contributed by atoms with Crippen molar-refractivity contribution in [3.8, 4) is 5.69 Å². The van der Waals surface area contributed by atoms with E-state index in [1.807, 2.05) is 0 Å². The molecule has 0 radical (unpaired) electrons. The lowest BCUT2D eigenvalue weighted by molar-refractivity contribution is 0.563. The number of rotatable bonds is 1. The Morgan fingerprint density at radius 3 is 2.69 bits per heavy atom.